The molecule has 0 aliphatic rings. The Balaban J connectivity index is 1.82. The molecule has 0 heterocycles. The van der Waals surface area contributed by atoms with Crippen molar-refractivity contribution in [1.29, 1.82) is 0 Å². The van der Waals surface area contributed by atoms with Crippen molar-refractivity contribution in [3.05, 3.63) is 53.1 Å². The Bertz CT molecular complexity index is 757. The second-order valence-corrected chi connectivity index (χ2v) is 6.59. The molecule has 2 amide bonds. The molecule has 0 saturated heterocycles. The van der Waals surface area contributed by atoms with Crippen LogP contribution in [-0.2, 0) is 0 Å². The number of anilines is 1. The summed E-state index contributed by atoms with van der Waals surface area (Å²) in [5, 5.41) is 5.61. The molecular formula is C21H28N2O3. The van der Waals surface area contributed by atoms with Crippen LogP contribution in [0.1, 0.15) is 30.5 Å². The minimum absolute atomic E-state index is 0.0376. The van der Waals surface area contributed by atoms with Crippen LogP contribution < -0.4 is 20.1 Å². The predicted octanol–water partition coefficient (Wildman–Crippen LogP) is 4.60. The molecule has 0 saturated carbocycles. The number of carbonyl (C=O) groups is 1. The summed E-state index contributed by atoms with van der Waals surface area (Å²) >= 11 is 0. The smallest absolute Gasteiger partial charge is 0.319 e. The average Bonchev–Trinajstić information content (AvgIpc) is 2.57. The number of benzene rings is 2. The molecule has 0 radical (unpaired) electrons. The summed E-state index contributed by atoms with van der Waals surface area (Å²) in [7, 11) is 0. The molecule has 0 bridgehead atoms. The maximum atomic E-state index is 12.1. The Morgan fingerprint density at radius 1 is 1.00 bits per heavy atom. The topological polar surface area (TPSA) is 59.6 Å². The van der Waals surface area contributed by atoms with Gasteiger partial charge in [-0.25, -0.2) is 4.79 Å². The number of carbonyl (C=O) groups excluding carboxylic acids is 1. The zero-order valence-electron chi connectivity index (χ0n) is 16.2. The molecular weight excluding hydrogens is 328 g/mol. The second kappa shape index (κ2) is 9.13. The highest BCUT2D eigenvalue weighted by Crippen LogP contribution is 2.25. The van der Waals surface area contributed by atoms with Gasteiger partial charge in [-0.2, -0.15) is 0 Å². The highest BCUT2D eigenvalue weighted by Gasteiger charge is 2.08. The molecule has 2 aromatic carbocycles. The highest BCUT2D eigenvalue weighted by molar-refractivity contribution is 5.90. The van der Waals surface area contributed by atoms with Crippen LogP contribution in [0.25, 0.3) is 0 Å². The lowest BCUT2D eigenvalue weighted by molar-refractivity contribution is 0.240. The normalized spacial score (nSPS) is 10.5. The van der Waals surface area contributed by atoms with Gasteiger partial charge in [0.15, 0.2) is 0 Å². The molecule has 0 aliphatic heterocycles. The first kappa shape index (κ1) is 19.6. The number of hydrogen-bond donors (Lipinski definition) is 2. The van der Waals surface area contributed by atoms with E-state index in [4.69, 9.17) is 9.47 Å². The number of urea groups is 1. The summed E-state index contributed by atoms with van der Waals surface area (Å²) in [6.45, 7) is 10.9. The number of rotatable bonds is 7. The number of aryl methyl sites for hydroxylation is 3. The quantitative estimate of drug-likeness (QED) is 0.713. The van der Waals surface area contributed by atoms with E-state index in [0.29, 0.717) is 24.6 Å². The van der Waals surface area contributed by atoms with Gasteiger partial charge in [-0.05, 0) is 69.5 Å². The van der Waals surface area contributed by atoms with Crippen molar-refractivity contribution in [3.8, 4) is 11.5 Å². The van der Waals surface area contributed by atoms with Crippen LogP contribution in [0.15, 0.2) is 36.4 Å². The van der Waals surface area contributed by atoms with Crippen LogP contribution in [0.4, 0.5) is 10.5 Å². The maximum Gasteiger partial charge on any atom is 0.319 e. The number of ether oxygens (including phenoxy) is 2. The molecule has 0 fully saturated rings. The standard InChI is InChI=1S/C21H28N2O3/c1-14(2)26-19-9-7-6-8-18(19)23-21(24)22-10-11-25-20-13-16(4)15(3)12-17(20)5/h6-9,12-14H,10-11H2,1-5H3,(H2,22,23,24). The van der Waals surface area contributed by atoms with Gasteiger partial charge in [0.2, 0.25) is 0 Å². The minimum Gasteiger partial charge on any atom is -0.491 e. The Morgan fingerprint density at radius 3 is 2.42 bits per heavy atom. The van der Waals surface area contributed by atoms with Crippen LogP contribution in [0.3, 0.4) is 0 Å². The fourth-order valence-electron chi connectivity index (χ4n) is 2.51. The Labute approximate surface area is 155 Å². The molecule has 0 aromatic heterocycles. The van der Waals surface area contributed by atoms with Crippen LogP contribution in [0.2, 0.25) is 0 Å². The van der Waals surface area contributed by atoms with Crippen molar-refractivity contribution in [3.63, 3.8) is 0 Å². The fourth-order valence-corrected chi connectivity index (χ4v) is 2.51. The fraction of sp³-hybridized carbons (Fsp3) is 0.381. The van der Waals surface area contributed by atoms with E-state index in [1.807, 2.05) is 51.1 Å². The van der Waals surface area contributed by atoms with Gasteiger partial charge in [0.05, 0.1) is 18.3 Å². The van der Waals surface area contributed by atoms with E-state index in [2.05, 4.69) is 30.5 Å². The maximum absolute atomic E-state index is 12.1. The van der Waals surface area contributed by atoms with Crippen molar-refractivity contribution in [1.82, 2.24) is 5.32 Å². The highest BCUT2D eigenvalue weighted by atomic mass is 16.5. The van der Waals surface area contributed by atoms with Gasteiger partial charge >= 0.3 is 6.03 Å². The van der Waals surface area contributed by atoms with Crippen LogP contribution in [-0.4, -0.2) is 25.3 Å². The Hall–Kier alpha value is -2.69. The van der Waals surface area contributed by atoms with E-state index in [9.17, 15) is 4.79 Å². The molecule has 0 aliphatic carbocycles. The van der Waals surface area contributed by atoms with Crippen molar-refractivity contribution in [2.75, 3.05) is 18.5 Å². The third kappa shape index (κ3) is 5.69. The van der Waals surface area contributed by atoms with E-state index in [-0.39, 0.29) is 12.1 Å². The van der Waals surface area contributed by atoms with E-state index >= 15 is 0 Å². The van der Waals surface area contributed by atoms with Crippen molar-refractivity contribution >= 4 is 11.7 Å². The van der Waals surface area contributed by atoms with Gasteiger partial charge in [0.25, 0.3) is 0 Å². The lowest BCUT2D eigenvalue weighted by Gasteiger charge is -2.15. The van der Waals surface area contributed by atoms with Crippen molar-refractivity contribution < 1.29 is 14.3 Å². The number of nitrogens with one attached hydrogen (secondary N) is 2. The van der Waals surface area contributed by atoms with Crippen LogP contribution >= 0.6 is 0 Å². The van der Waals surface area contributed by atoms with Gasteiger partial charge in [-0.15, -0.1) is 0 Å². The molecule has 0 spiro atoms. The second-order valence-electron chi connectivity index (χ2n) is 6.59. The minimum atomic E-state index is -0.287. The molecule has 2 rings (SSSR count). The summed E-state index contributed by atoms with van der Waals surface area (Å²) in [5.41, 5.74) is 4.18. The zero-order chi connectivity index (χ0) is 19.1. The first-order valence-electron chi connectivity index (χ1n) is 8.88. The van der Waals surface area contributed by atoms with Gasteiger partial charge < -0.3 is 20.1 Å². The largest absolute Gasteiger partial charge is 0.491 e. The summed E-state index contributed by atoms with van der Waals surface area (Å²) in [4.78, 5) is 12.1. The molecule has 2 N–H and O–H groups in total. The van der Waals surface area contributed by atoms with Crippen molar-refractivity contribution in [2.45, 2.75) is 40.7 Å². The van der Waals surface area contributed by atoms with E-state index in [0.717, 1.165) is 11.3 Å². The SMILES string of the molecule is Cc1cc(C)c(OCCNC(=O)Nc2ccccc2OC(C)C)cc1C. The van der Waals surface area contributed by atoms with Gasteiger partial charge in [0.1, 0.15) is 18.1 Å². The number of amides is 2. The summed E-state index contributed by atoms with van der Waals surface area (Å²) < 4.78 is 11.5. The first-order valence-corrected chi connectivity index (χ1v) is 8.88. The molecule has 0 atom stereocenters. The van der Waals surface area contributed by atoms with Gasteiger partial charge in [-0.1, -0.05) is 18.2 Å². The van der Waals surface area contributed by atoms with E-state index in [1.165, 1.54) is 11.1 Å². The number of para-hydroxylation sites is 2. The van der Waals surface area contributed by atoms with Crippen molar-refractivity contribution in [2.24, 2.45) is 0 Å². The molecule has 5 heteroatoms. The molecule has 0 unspecified atom stereocenters. The van der Waals surface area contributed by atoms with Crippen LogP contribution in [0, 0.1) is 20.8 Å². The van der Waals surface area contributed by atoms with Crippen LogP contribution in [0.5, 0.6) is 11.5 Å². The third-order valence-corrected chi connectivity index (χ3v) is 3.93. The molecule has 2 aromatic rings. The molecule has 26 heavy (non-hydrogen) atoms. The van der Waals surface area contributed by atoms with E-state index in [1.54, 1.807) is 0 Å². The Morgan fingerprint density at radius 2 is 1.69 bits per heavy atom. The molecule has 5 nitrogen and oxygen atoms in total. The average molecular weight is 356 g/mol. The summed E-state index contributed by atoms with van der Waals surface area (Å²) in [5.74, 6) is 1.51. The Kier molecular flexibility index (Phi) is 6.89. The van der Waals surface area contributed by atoms with E-state index < -0.39 is 0 Å². The first-order chi connectivity index (χ1) is 12.4. The molecule has 140 valence electrons. The third-order valence-electron chi connectivity index (χ3n) is 3.93. The number of hydrogen-bond acceptors (Lipinski definition) is 3. The lowest BCUT2D eigenvalue weighted by Crippen LogP contribution is -2.32. The monoisotopic (exact) mass is 356 g/mol. The summed E-state index contributed by atoms with van der Waals surface area (Å²) in [6.07, 6.45) is 0.0376. The summed E-state index contributed by atoms with van der Waals surface area (Å²) in [6, 6.07) is 11.2. The van der Waals surface area contributed by atoms with Gasteiger partial charge in [0, 0.05) is 0 Å². The zero-order valence-corrected chi connectivity index (χ0v) is 16.2. The lowest BCUT2D eigenvalue weighted by atomic mass is 10.1. The predicted molar refractivity (Wildman–Crippen MR) is 105 cm³/mol. The van der Waals surface area contributed by atoms with Gasteiger partial charge in [-0.3, -0.25) is 0 Å².